The SMILES string of the molecule is CCOC(=O)c1c(-c2ccccc2)csc1NC(=O)CSc1nnc(C(C)Oc2cccc(Cl)c2)n1C. The predicted molar refractivity (Wildman–Crippen MR) is 147 cm³/mol. The molecule has 2 heterocycles. The highest BCUT2D eigenvalue weighted by atomic mass is 35.5. The number of aromatic nitrogens is 3. The van der Waals surface area contributed by atoms with Crippen LogP contribution < -0.4 is 10.1 Å². The van der Waals surface area contributed by atoms with E-state index in [-0.39, 0.29) is 24.4 Å². The van der Waals surface area contributed by atoms with Crippen molar-refractivity contribution in [1.82, 2.24) is 14.8 Å². The largest absolute Gasteiger partial charge is 0.483 e. The topological polar surface area (TPSA) is 95.3 Å². The van der Waals surface area contributed by atoms with E-state index in [4.69, 9.17) is 21.1 Å². The van der Waals surface area contributed by atoms with Gasteiger partial charge in [0.15, 0.2) is 17.1 Å². The molecule has 2 aromatic carbocycles. The van der Waals surface area contributed by atoms with Crippen molar-refractivity contribution < 1.29 is 19.1 Å². The number of rotatable bonds is 10. The maximum absolute atomic E-state index is 12.8. The van der Waals surface area contributed by atoms with E-state index >= 15 is 0 Å². The van der Waals surface area contributed by atoms with Crippen LogP contribution >= 0.6 is 34.7 Å². The lowest BCUT2D eigenvalue weighted by Crippen LogP contribution is -2.17. The molecular formula is C26H25ClN4O4S2. The number of nitrogens with zero attached hydrogens (tertiary/aromatic N) is 3. The number of amides is 1. The number of hydrogen-bond acceptors (Lipinski definition) is 8. The summed E-state index contributed by atoms with van der Waals surface area (Å²) in [5, 5.41) is 14.7. The Balaban J connectivity index is 1.43. The minimum absolute atomic E-state index is 0.0797. The molecule has 0 aliphatic carbocycles. The Bertz CT molecular complexity index is 1390. The second kappa shape index (κ2) is 12.3. The van der Waals surface area contributed by atoms with Crippen LogP contribution in [0, 0.1) is 0 Å². The summed E-state index contributed by atoms with van der Waals surface area (Å²) in [6.45, 7) is 3.85. The van der Waals surface area contributed by atoms with Crippen LogP contribution in [0.3, 0.4) is 0 Å². The first-order chi connectivity index (χ1) is 17.9. The molecule has 0 aliphatic rings. The number of hydrogen-bond donors (Lipinski definition) is 1. The maximum Gasteiger partial charge on any atom is 0.341 e. The molecule has 0 spiro atoms. The number of ether oxygens (including phenoxy) is 2. The van der Waals surface area contributed by atoms with Gasteiger partial charge in [-0.1, -0.05) is 59.8 Å². The van der Waals surface area contributed by atoms with Crippen molar-refractivity contribution >= 4 is 51.6 Å². The Labute approximate surface area is 228 Å². The molecule has 0 radical (unpaired) electrons. The summed E-state index contributed by atoms with van der Waals surface area (Å²) >= 11 is 8.56. The Hall–Kier alpha value is -3.34. The smallest absolute Gasteiger partial charge is 0.341 e. The quantitative estimate of drug-likeness (QED) is 0.182. The summed E-state index contributed by atoms with van der Waals surface area (Å²) in [5.74, 6) is 0.566. The van der Waals surface area contributed by atoms with Crippen molar-refractivity contribution in [3.8, 4) is 16.9 Å². The Morgan fingerprint density at radius 1 is 1.16 bits per heavy atom. The average molecular weight is 557 g/mol. The van der Waals surface area contributed by atoms with E-state index in [0.717, 1.165) is 11.1 Å². The number of thiophene rings is 1. The zero-order valence-electron chi connectivity index (χ0n) is 20.4. The highest BCUT2D eigenvalue weighted by Gasteiger charge is 2.23. The van der Waals surface area contributed by atoms with E-state index in [2.05, 4.69) is 15.5 Å². The Morgan fingerprint density at radius 3 is 2.68 bits per heavy atom. The van der Waals surface area contributed by atoms with Gasteiger partial charge < -0.3 is 19.4 Å². The third kappa shape index (κ3) is 6.51. The third-order valence-electron chi connectivity index (χ3n) is 5.28. The van der Waals surface area contributed by atoms with E-state index < -0.39 is 5.97 Å². The molecule has 0 aliphatic heterocycles. The summed E-state index contributed by atoms with van der Waals surface area (Å²) in [5.41, 5.74) is 1.94. The summed E-state index contributed by atoms with van der Waals surface area (Å²) < 4.78 is 13.0. The monoisotopic (exact) mass is 556 g/mol. The van der Waals surface area contributed by atoms with Gasteiger partial charge in [-0.15, -0.1) is 21.5 Å². The van der Waals surface area contributed by atoms with Crippen molar-refractivity contribution in [2.75, 3.05) is 17.7 Å². The van der Waals surface area contributed by atoms with Gasteiger partial charge in [0.25, 0.3) is 0 Å². The standard InChI is InChI=1S/C26H25ClN4O4S2/c1-4-34-25(33)22-20(17-9-6-5-7-10-17)14-36-24(22)28-21(32)15-37-26-30-29-23(31(26)3)16(2)35-19-12-8-11-18(27)13-19/h5-14,16H,4,15H2,1-3H3,(H,28,32). The molecule has 8 nitrogen and oxygen atoms in total. The fourth-order valence-corrected chi connectivity index (χ4v) is 5.45. The molecule has 37 heavy (non-hydrogen) atoms. The molecule has 0 fully saturated rings. The van der Waals surface area contributed by atoms with Gasteiger partial charge in [0.05, 0.1) is 12.4 Å². The number of carbonyl (C=O) groups excluding carboxylic acids is 2. The zero-order valence-corrected chi connectivity index (χ0v) is 22.8. The first kappa shape index (κ1) is 26.7. The second-order valence-electron chi connectivity index (χ2n) is 7.89. The molecule has 1 atom stereocenters. The van der Waals surface area contributed by atoms with Crippen molar-refractivity contribution in [2.45, 2.75) is 25.1 Å². The number of nitrogens with one attached hydrogen (secondary N) is 1. The number of benzene rings is 2. The van der Waals surface area contributed by atoms with E-state index in [1.54, 1.807) is 23.6 Å². The molecule has 1 amide bonds. The first-order valence-electron chi connectivity index (χ1n) is 11.5. The molecule has 0 bridgehead atoms. The minimum atomic E-state index is -0.475. The van der Waals surface area contributed by atoms with Crippen LogP contribution in [-0.2, 0) is 16.6 Å². The van der Waals surface area contributed by atoms with E-state index in [9.17, 15) is 9.59 Å². The molecule has 11 heteroatoms. The van der Waals surface area contributed by atoms with Gasteiger partial charge in [0.1, 0.15) is 16.3 Å². The maximum atomic E-state index is 12.8. The first-order valence-corrected chi connectivity index (χ1v) is 13.7. The summed E-state index contributed by atoms with van der Waals surface area (Å²) in [7, 11) is 1.82. The Morgan fingerprint density at radius 2 is 1.95 bits per heavy atom. The third-order valence-corrected chi connectivity index (χ3v) is 7.43. The molecule has 4 aromatic rings. The molecule has 4 rings (SSSR count). The fraction of sp³-hybridized carbons (Fsp3) is 0.231. The molecule has 2 aromatic heterocycles. The highest BCUT2D eigenvalue weighted by Crippen LogP contribution is 2.36. The highest BCUT2D eigenvalue weighted by molar-refractivity contribution is 7.99. The zero-order chi connectivity index (χ0) is 26.4. The number of thioether (sulfide) groups is 1. The van der Waals surface area contributed by atoms with Crippen LogP contribution in [0.1, 0.15) is 36.1 Å². The average Bonchev–Trinajstić information content (AvgIpc) is 3.46. The van der Waals surface area contributed by atoms with E-state index in [0.29, 0.717) is 32.3 Å². The van der Waals surface area contributed by atoms with Gasteiger partial charge in [-0.2, -0.15) is 0 Å². The Kier molecular flexibility index (Phi) is 8.86. The summed E-state index contributed by atoms with van der Waals surface area (Å²) in [4.78, 5) is 25.5. The van der Waals surface area contributed by atoms with Gasteiger partial charge >= 0.3 is 5.97 Å². The van der Waals surface area contributed by atoms with Gasteiger partial charge in [0.2, 0.25) is 5.91 Å². The minimum Gasteiger partial charge on any atom is -0.483 e. The number of halogens is 1. The lowest BCUT2D eigenvalue weighted by atomic mass is 10.0. The van der Waals surface area contributed by atoms with Crippen LogP contribution in [0.2, 0.25) is 5.02 Å². The molecular weight excluding hydrogens is 532 g/mol. The molecule has 1 unspecified atom stereocenters. The van der Waals surface area contributed by atoms with E-state index in [1.165, 1.54) is 23.1 Å². The molecule has 1 N–H and O–H groups in total. The van der Waals surface area contributed by atoms with Crippen LogP contribution in [-0.4, -0.2) is 39.0 Å². The second-order valence-corrected chi connectivity index (χ2v) is 10.2. The summed E-state index contributed by atoms with van der Waals surface area (Å²) in [6.07, 6.45) is -0.381. The summed E-state index contributed by atoms with van der Waals surface area (Å²) in [6, 6.07) is 16.6. The van der Waals surface area contributed by atoms with Crippen molar-refractivity contribution in [3.05, 3.63) is 76.4 Å². The van der Waals surface area contributed by atoms with Crippen LogP contribution in [0.25, 0.3) is 11.1 Å². The van der Waals surface area contributed by atoms with Crippen molar-refractivity contribution in [3.63, 3.8) is 0 Å². The van der Waals surface area contributed by atoms with Crippen LogP contribution in [0.5, 0.6) is 5.75 Å². The van der Waals surface area contributed by atoms with Gasteiger partial charge in [-0.3, -0.25) is 4.79 Å². The number of anilines is 1. The number of esters is 1. The lowest BCUT2D eigenvalue weighted by Gasteiger charge is -2.14. The fourth-order valence-electron chi connectivity index (χ4n) is 3.58. The molecule has 192 valence electrons. The van der Waals surface area contributed by atoms with Crippen molar-refractivity contribution in [1.29, 1.82) is 0 Å². The predicted octanol–water partition coefficient (Wildman–Crippen LogP) is 6.24. The van der Waals surface area contributed by atoms with Crippen LogP contribution in [0.15, 0.2) is 65.1 Å². The van der Waals surface area contributed by atoms with E-state index in [1.807, 2.05) is 61.8 Å². The normalized spacial score (nSPS) is 11.7. The molecule has 0 saturated carbocycles. The number of carbonyl (C=O) groups is 2. The molecule has 0 saturated heterocycles. The van der Waals surface area contributed by atoms with Gasteiger partial charge in [0, 0.05) is 23.0 Å². The van der Waals surface area contributed by atoms with Crippen LogP contribution in [0.4, 0.5) is 5.00 Å². The lowest BCUT2D eigenvalue weighted by molar-refractivity contribution is -0.113. The van der Waals surface area contributed by atoms with Crippen molar-refractivity contribution in [2.24, 2.45) is 7.05 Å². The van der Waals surface area contributed by atoms with Gasteiger partial charge in [-0.05, 0) is 37.6 Å². The van der Waals surface area contributed by atoms with Gasteiger partial charge in [-0.25, -0.2) is 4.79 Å².